The van der Waals surface area contributed by atoms with E-state index in [4.69, 9.17) is 15.2 Å². The summed E-state index contributed by atoms with van der Waals surface area (Å²) in [5.74, 6) is -1.79. The smallest absolute Gasteiger partial charge is 0.408 e. The zero-order valence-electron chi connectivity index (χ0n) is 25.0. The van der Waals surface area contributed by atoms with Crippen molar-refractivity contribution in [1.82, 2.24) is 25.5 Å². The van der Waals surface area contributed by atoms with Gasteiger partial charge in [0.25, 0.3) is 5.91 Å². The Balaban J connectivity index is 1.64. The van der Waals surface area contributed by atoms with Crippen molar-refractivity contribution in [3.8, 4) is 5.88 Å². The minimum Gasteiger partial charge on any atom is -0.472 e. The first-order chi connectivity index (χ1) is 19.6. The van der Waals surface area contributed by atoms with Gasteiger partial charge in [-0.15, -0.1) is 6.58 Å². The predicted molar refractivity (Wildman–Crippen MR) is 155 cm³/mol. The molecule has 226 valence electrons. The number of hydrogen-bond acceptors (Lipinski definition) is 8. The van der Waals surface area contributed by atoms with E-state index in [1.54, 1.807) is 47.6 Å². The first kappa shape index (κ1) is 30.7. The van der Waals surface area contributed by atoms with Crippen molar-refractivity contribution in [2.75, 3.05) is 6.54 Å². The average Bonchev–Trinajstić information content (AvgIpc) is 3.45. The number of likely N-dealkylation sites (tertiary alicyclic amines) is 1. The number of alkyl carbamates (subject to hydrolysis) is 1. The molecule has 0 spiro atoms. The Labute approximate surface area is 245 Å². The van der Waals surface area contributed by atoms with Gasteiger partial charge in [-0.2, -0.15) is 0 Å². The number of benzene rings is 1. The monoisotopic (exact) mass is 580 g/mol. The third kappa shape index (κ3) is 6.47. The number of hydrogen-bond donors (Lipinski definition) is 3. The van der Waals surface area contributed by atoms with Crippen molar-refractivity contribution in [3.05, 3.63) is 43.2 Å². The standard InChI is InChI=1S/C30H40N6O6/c1-8-17-14-30(17,26(31)39)34-23(37)21-13-18(41-24-19-11-9-10-12-20(19)32-16-33-24)15-36(21)25(38)22(28(2,3)4)42-27(40)35-29(5,6)7/h8-12,16-18,21-22H,1,13-15H2,2-7H3,(H2,31,39)(H,34,37)(H,35,40)/t17-,18-,21+,22-,30-/m1/s1. The fourth-order valence-electron chi connectivity index (χ4n) is 5.16. The van der Waals surface area contributed by atoms with Crippen LogP contribution in [0, 0.1) is 11.3 Å². The maximum absolute atomic E-state index is 14.1. The lowest BCUT2D eigenvalue weighted by Crippen LogP contribution is -2.57. The maximum atomic E-state index is 14.1. The quantitative estimate of drug-likeness (QED) is 0.401. The number of carbonyl (C=O) groups excluding carboxylic acids is 4. The molecule has 42 heavy (non-hydrogen) atoms. The first-order valence-electron chi connectivity index (χ1n) is 14.0. The van der Waals surface area contributed by atoms with Gasteiger partial charge in [0.2, 0.25) is 17.7 Å². The molecule has 5 atom stereocenters. The second-order valence-corrected chi connectivity index (χ2v) is 13.1. The molecule has 12 nitrogen and oxygen atoms in total. The molecule has 1 aromatic carbocycles. The number of ether oxygens (including phenoxy) is 2. The first-order valence-corrected chi connectivity index (χ1v) is 14.0. The third-order valence-electron chi connectivity index (χ3n) is 7.43. The summed E-state index contributed by atoms with van der Waals surface area (Å²) in [6.07, 6.45) is 0.783. The largest absolute Gasteiger partial charge is 0.472 e. The highest BCUT2D eigenvalue weighted by atomic mass is 16.6. The molecule has 1 saturated heterocycles. The summed E-state index contributed by atoms with van der Waals surface area (Å²) in [6.45, 7) is 14.4. The van der Waals surface area contributed by atoms with E-state index in [-0.39, 0.29) is 18.9 Å². The highest BCUT2D eigenvalue weighted by Gasteiger charge is 2.60. The van der Waals surface area contributed by atoms with Crippen LogP contribution in [0.15, 0.2) is 43.2 Å². The van der Waals surface area contributed by atoms with Crippen LogP contribution in [-0.2, 0) is 19.1 Å². The summed E-state index contributed by atoms with van der Waals surface area (Å²) in [5.41, 5.74) is 3.67. The van der Waals surface area contributed by atoms with Crippen molar-refractivity contribution < 1.29 is 28.7 Å². The Morgan fingerprint density at radius 3 is 2.43 bits per heavy atom. The number of nitrogens with zero attached hydrogens (tertiary/aromatic N) is 3. The van der Waals surface area contributed by atoms with E-state index in [1.807, 2.05) is 24.3 Å². The molecule has 2 aromatic rings. The van der Waals surface area contributed by atoms with Gasteiger partial charge >= 0.3 is 6.09 Å². The summed E-state index contributed by atoms with van der Waals surface area (Å²) >= 11 is 0. The van der Waals surface area contributed by atoms with Crippen molar-refractivity contribution in [1.29, 1.82) is 0 Å². The fraction of sp³-hybridized carbons (Fsp3) is 0.533. The van der Waals surface area contributed by atoms with Gasteiger partial charge in [-0.3, -0.25) is 14.4 Å². The molecular formula is C30H40N6O6. The molecular weight excluding hydrogens is 540 g/mol. The fourth-order valence-corrected chi connectivity index (χ4v) is 5.16. The van der Waals surface area contributed by atoms with Crippen LogP contribution in [0.5, 0.6) is 5.88 Å². The van der Waals surface area contributed by atoms with E-state index in [0.717, 1.165) is 0 Å². The van der Waals surface area contributed by atoms with E-state index >= 15 is 0 Å². The number of aromatic nitrogens is 2. The Bertz CT molecular complexity index is 1390. The summed E-state index contributed by atoms with van der Waals surface area (Å²) in [6, 6.07) is 6.30. The lowest BCUT2D eigenvalue weighted by molar-refractivity contribution is -0.150. The average molecular weight is 581 g/mol. The highest BCUT2D eigenvalue weighted by Crippen LogP contribution is 2.44. The van der Waals surface area contributed by atoms with Crippen LogP contribution in [0.2, 0.25) is 0 Å². The normalized spacial score (nSPS) is 24.4. The molecule has 2 aliphatic rings. The second kappa shape index (κ2) is 11.2. The molecule has 0 unspecified atom stereocenters. The van der Waals surface area contributed by atoms with Gasteiger partial charge in [-0.25, -0.2) is 14.8 Å². The van der Waals surface area contributed by atoms with Gasteiger partial charge in [-0.1, -0.05) is 39.0 Å². The molecule has 0 radical (unpaired) electrons. The number of nitrogens with two attached hydrogens (primary N) is 1. The van der Waals surface area contributed by atoms with Crippen LogP contribution in [-0.4, -0.2) is 74.6 Å². The summed E-state index contributed by atoms with van der Waals surface area (Å²) in [7, 11) is 0. The minimum atomic E-state index is -1.26. The number of rotatable bonds is 8. The molecule has 1 aliphatic carbocycles. The lowest BCUT2D eigenvalue weighted by Gasteiger charge is -2.35. The molecule has 4 rings (SSSR count). The Morgan fingerprint density at radius 2 is 1.83 bits per heavy atom. The molecule has 0 bridgehead atoms. The number of carbonyl (C=O) groups is 4. The van der Waals surface area contributed by atoms with Gasteiger partial charge in [-0.05, 0) is 39.3 Å². The van der Waals surface area contributed by atoms with E-state index in [2.05, 4.69) is 27.2 Å². The van der Waals surface area contributed by atoms with E-state index in [9.17, 15) is 19.2 Å². The van der Waals surface area contributed by atoms with Crippen LogP contribution in [0.3, 0.4) is 0 Å². The Kier molecular flexibility index (Phi) is 8.21. The molecule has 1 saturated carbocycles. The summed E-state index contributed by atoms with van der Waals surface area (Å²) in [5, 5.41) is 6.17. The van der Waals surface area contributed by atoms with Crippen LogP contribution in [0.1, 0.15) is 54.4 Å². The SMILES string of the molecule is C=C[C@@H]1C[C@]1(NC(=O)[C@@H]1C[C@@H](Oc2ncnc3ccccc23)CN1C(=O)[C@@H](OC(=O)NC(C)(C)C)C(C)(C)C)C(N)=O. The van der Waals surface area contributed by atoms with Crippen molar-refractivity contribution in [2.24, 2.45) is 17.1 Å². The molecule has 4 N–H and O–H groups in total. The van der Waals surface area contributed by atoms with Crippen molar-refractivity contribution in [3.63, 3.8) is 0 Å². The molecule has 2 heterocycles. The number of primary amides is 1. The van der Waals surface area contributed by atoms with Crippen LogP contribution < -0.4 is 21.1 Å². The van der Waals surface area contributed by atoms with Gasteiger partial charge < -0.3 is 30.7 Å². The van der Waals surface area contributed by atoms with Gasteiger partial charge in [0, 0.05) is 23.3 Å². The molecule has 1 aromatic heterocycles. The van der Waals surface area contributed by atoms with Crippen molar-refractivity contribution >= 4 is 34.7 Å². The highest BCUT2D eigenvalue weighted by molar-refractivity contribution is 5.97. The van der Waals surface area contributed by atoms with Crippen LogP contribution >= 0.6 is 0 Å². The number of fused-ring (bicyclic) bond motifs is 1. The minimum absolute atomic E-state index is 0.0144. The summed E-state index contributed by atoms with van der Waals surface area (Å²) in [4.78, 5) is 62.8. The number of nitrogens with one attached hydrogen (secondary N) is 2. The topological polar surface area (TPSA) is 166 Å². The van der Waals surface area contributed by atoms with Gasteiger partial charge in [0.05, 0.1) is 17.4 Å². The summed E-state index contributed by atoms with van der Waals surface area (Å²) < 4.78 is 11.9. The van der Waals surface area contributed by atoms with E-state index < -0.39 is 58.6 Å². The second-order valence-electron chi connectivity index (χ2n) is 13.1. The Hall–Kier alpha value is -4.22. The maximum Gasteiger partial charge on any atom is 0.408 e. The van der Waals surface area contributed by atoms with Gasteiger partial charge in [0.15, 0.2) is 6.10 Å². The molecule has 12 heteroatoms. The molecule has 1 aliphatic heterocycles. The lowest BCUT2D eigenvalue weighted by atomic mass is 9.88. The van der Waals surface area contributed by atoms with Gasteiger partial charge in [0.1, 0.15) is 24.0 Å². The molecule has 2 fully saturated rings. The molecule has 4 amide bonds. The third-order valence-corrected chi connectivity index (χ3v) is 7.43. The number of amides is 4. The zero-order chi connectivity index (χ0) is 31.0. The van der Waals surface area contributed by atoms with E-state index in [1.165, 1.54) is 11.2 Å². The van der Waals surface area contributed by atoms with Crippen LogP contribution in [0.25, 0.3) is 10.9 Å². The van der Waals surface area contributed by atoms with Crippen molar-refractivity contribution in [2.45, 2.75) is 83.7 Å². The van der Waals surface area contributed by atoms with E-state index in [0.29, 0.717) is 23.2 Å². The van der Waals surface area contributed by atoms with Crippen LogP contribution in [0.4, 0.5) is 4.79 Å². The number of para-hydroxylation sites is 1. The zero-order valence-corrected chi connectivity index (χ0v) is 25.0. The Morgan fingerprint density at radius 1 is 1.14 bits per heavy atom. The predicted octanol–water partition coefficient (Wildman–Crippen LogP) is 2.46.